The molecule has 0 saturated heterocycles. The first-order chi connectivity index (χ1) is 13.0. The fourth-order valence-electron chi connectivity index (χ4n) is 3.17. The minimum absolute atomic E-state index is 0.0165. The van der Waals surface area contributed by atoms with E-state index in [9.17, 15) is 14.9 Å². The van der Waals surface area contributed by atoms with Gasteiger partial charge in [0.05, 0.1) is 19.1 Å². The molecular formula is C20H20N2O5. The molecule has 0 aliphatic heterocycles. The maximum atomic E-state index is 12.2. The predicted octanol–water partition coefficient (Wildman–Crippen LogP) is 4.05. The number of benzene rings is 2. The highest BCUT2D eigenvalue weighted by Gasteiger charge is 2.23. The van der Waals surface area contributed by atoms with Gasteiger partial charge in [-0.05, 0) is 42.2 Å². The van der Waals surface area contributed by atoms with Crippen LogP contribution in [0.1, 0.15) is 24.3 Å². The summed E-state index contributed by atoms with van der Waals surface area (Å²) >= 11 is 0. The number of allylic oxidation sites excluding steroid dienone is 2. The summed E-state index contributed by atoms with van der Waals surface area (Å²) in [5.41, 5.74) is 2.50. The van der Waals surface area contributed by atoms with Crippen LogP contribution in [-0.4, -0.2) is 24.9 Å². The molecule has 2 aromatic carbocycles. The van der Waals surface area contributed by atoms with Gasteiger partial charge < -0.3 is 14.8 Å². The lowest BCUT2D eigenvalue weighted by atomic mass is 9.85. The normalized spacial score (nSPS) is 16.4. The Morgan fingerprint density at radius 3 is 2.37 bits per heavy atom. The summed E-state index contributed by atoms with van der Waals surface area (Å²) < 4.78 is 10.6. The Balaban J connectivity index is 1.77. The number of methoxy groups -OCH3 is 2. The monoisotopic (exact) mass is 368 g/mol. The molecule has 0 radical (unpaired) electrons. The van der Waals surface area contributed by atoms with Crippen LogP contribution in [0.15, 0.2) is 54.2 Å². The van der Waals surface area contributed by atoms with Crippen molar-refractivity contribution in [2.45, 2.75) is 18.8 Å². The molecule has 0 fully saturated rings. The SMILES string of the molecule is COc1ccc(C2CC(=O)C=C(Nc3ccc([N+](=O)[O-])cc3)C2)cc1OC. The highest BCUT2D eigenvalue weighted by Crippen LogP contribution is 2.36. The van der Waals surface area contributed by atoms with Gasteiger partial charge >= 0.3 is 0 Å². The molecule has 1 unspecified atom stereocenters. The van der Waals surface area contributed by atoms with Gasteiger partial charge in [0.1, 0.15) is 0 Å². The lowest BCUT2D eigenvalue weighted by Gasteiger charge is -2.24. The third-order valence-corrected chi connectivity index (χ3v) is 4.51. The molecule has 0 bridgehead atoms. The number of rotatable bonds is 6. The molecular weight excluding hydrogens is 348 g/mol. The number of ketones is 1. The minimum Gasteiger partial charge on any atom is -0.493 e. The Kier molecular flexibility index (Phi) is 5.40. The van der Waals surface area contributed by atoms with E-state index in [1.165, 1.54) is 12.1 Å². The number of hydrogen-bond donors (Lipinski definition) is 1. The lowest BCUT2D eigenvalue weighted by molar-refractivity contribution is -0.384. The minimum atomic E-state index is -0.444. The summed E-state index contributed by atoms with van der Waals surface area (Å²) in [7, 11) is 3.16. The fourth-order valence-corrected chi connectivity index (χ4v) is 3.17. The second kappa shape index (κ2) is 7.90. The Hall–Kier alpha value is -3.35. The highest BCUT2D eigenvalue weighted by atomic mass is 16.6. The summed E-state index contributed by atoms with van der Waals surface area (Å²) in [6, 6.07) is 11.8. The maximum Gasteiger partial charge on any atom is 0.269 e. The van der Waals surface area contributed by atoms with E-state index in [1.54, 1.807) is 32.4 Å². The number of ether oxygens (including phenoxy) is 2. The largest absolute Gasteiger partial charge is 0.493 e. The number of nitrogens with zero attached hydrogens (tertiary/aromatic N) is 1. The van der Waals surface area contributed by atoms with Gasteiger partial charge in [-0.1, -0.05) is 6.07 Å². The Labute approximate surface area is 156 Å². The summed E-state index contributed by atoms with van der Waals surface area (Å²) in [6.45, 7) is 0. The van der Waals surface area contributed by atoms with E-state index in [0.717, 1.165) is 11.3 Å². The molecule has 0 amide bonds. The van der Waals surface area contributed by atoms with Gasteiger partial charge in [-0.2, -0.15) is 0 Å². The zero-order valence-corrected chi connectivity index (χ0v) is 15.1. The van der Waals surface area contributed by atoms with Crippen LogP contribution in [0.2, 0.25) is 0 Å². The molecule has 0 saturated carbocycles. The summed E-state index contributed by atoms with van der Waals surface area (Å²) in [4.78, 5) is 22.5. The number of nitro benzene ring substituents is 1. The van der Waals surface area contributed by atoms with Crippen molar-refractivity contribution >= 4 is 17.2 Å². The van der Waals surface area contributed by atoms with Crippen molar-refractivity contribution in [1.82, 2.24) is 0 Å². The van der Waals surface area contributed by atoms with Gasteiger partial charge in [0.15, 0.2) is 17.3 Å². The van der Waals surface area contributed by atoms with Crippen LogP contribution in [0.3, 0.4) is 0 Å². The molecule has 7 heteroatoms. The van der Waals surface area contributed by atoms with Gasteiger partial charge in [-0.3, -0.25) is 14.9 Å². The van der Waals surface area contributed by atoms with Crippen LogP contribution in [0.4, 0.5) is 11.4 Å². The quantitative estimate of drug-likeness (QED) is 0.611. The van der Waals surface area contributed by atoms with E-state index < -0.39 is 4.92 Å². The van der Waals surface area contributed by atoms with Crippen LogP contribution in [0.5, 0.6) is 11.5 Å². The van der Waals surface area contributed by atoms with Crippen molar-refractivity contribution in [3.8, 4) is 11.5 Å². The standard InChI is InChI=1S/C20H20N2O5/c1-26-19-8-3-13(11-20(19)27-2)14-9-16(12-18(23)10-14)21-15-4-6-17(7-5-15)22(24)25/h3-8,11-12,14,21H,9-10H2,1-2H3. The molecule has 1 aliphatic carbocycles. The van der Waals surface area contributed by atoms with Crippen LogP contribution in [0, 0.1) is 10.1 Å². The van der Waals surface area contributed by atoms with E-state index in [4.69, 9.17) is 9.47 Å². The second-order valence-corrected chi connectivity index (χ2v) is 6.28. The Morgan fingerprint density at radius 2 is 1.74 bits per heavy atom. The average molecular weight is 368 g/mol. The number of nitrogens with one attached hydrogen (secondary N) is 1. The molecule has 0 spiro atoms. The van der Waals surface area contributed by atoms with Crippen molar-refractivity contribution in [1.29, 1.82) is 0 Å². The molecule has 3 rings (SSSR count). The third kappa shape index (κ3) is 4.25. The van der Waals surface area contributed by atoms with Crippen LogP contribution in [0.25, 0.3) is 0 Å². The Bertz CT molecular complexity index is 890. The number of anilines is 1. The van der Waals surface area contributed by atoms with Crippen molar-refractivity contribution < 1.29 is 19.2 Å². The van der Waals surface area contributed by atoms with Crippen LogP contribution < -0.4 is 14.8 Å². The molecule has 1 atom stereocenters. The fraction of sp³-hybridized carbons (Fsp3) is 0.250. The van der Waals surface area contributed by atoms with Gasteiger partial charge in [0, 0.05) is 36.0 Å². The lowest BCUT2D eigenvalue weighted by Crippen LogP contribution is -2.16. The van der Waals surface area contributed by atoms with Crippen LogP contribution in [-0.2, 0) is 4.79 Å². The average Bonchev–Trinajstić information content (AvgIpc) is 2.67. The number of non-ortho nitro benzene ring substituents is 1. The molecule has 2 aromatic rings. The topological polar surface area (TPSA) is 90.7 Å². The van der Waals surface area contributed by atoms with Crippen molar-refractivity contribution in [2.75, 3.05) is 19.5 Å². The number of nitro groups is 1. The Morgan fingerprint density at radius 1 is 1.04 bits per heavy atom. The van der Waals surface area contributed by atoms with E-state index in [1.807, 2.05) is 18.2 Å². The third-order valence-electron chi connectivity index (χ3n) is 4.51. The van der Waals surface area contributed by atoms with Crippen molar-refractivity contribution in [3.63, 3.8) is 0 Å². The summed E-state index contributed by atoms with van der Waals surface area (Å²) in [5, 5.41) is 13.9. The molecule has 0 aromatic heterocycles. The molecule has 0 heterocycles. The van der Waals surface area contributed by atoms with E-state index in [-0.39, 0.29) is 17.4 Å². The zero-order valence-electron chi connectivity index (χ0n) is 15.1. The van der Waals surface area contributed by atoms with Gasteiger partial charge in [0.25, 0.3) is 5.69 Å². The summed E-state index contributed by atoms with van der Waals surface area (Å²) in [5.74, 6) is 1.32. The van der Waals surface area contributed by atoms with Crippen molar-refractivity contribution in [2.24, 2.45) is 0 Å². The predicted molar refractivity (Wildman–Crippen MR) is 101 cm³/mol. The van der Waals surface area contributed by atoms with Gasteiger partial charge in [-0.15, -0.1) is 0 Å². The number of carbonyl (C=O) groups excluding carboxylic acids is 1. The first-order valence-corrected chi connectivity index (χ1v) is 8.47. The van der Waals surface area contributed by atoms with Gasteiger partial charge in [0.2, 0.25) is 0 Å². The van der Waals surface area contributed by atoms with Crippen molar-refractivity contribution in [3.05, 3.63) is 69.9 Å². The smallest absolute Gasteiger partial charge is 0.269 e. The molecule has 1 aliphatic rings. The molecule has 140 valence electrons. The maximum absolute atomic E-state index is 12.2. The first kappa shape index (κ1) is 18.4. The summed E-state index contributed by atoms with van der Waals surface area (Å²) in [6.07, 6.45) is 2.66. The zero-order chi connectivity index (χ0) is 19.4. The second-order valence-electron chi connectivity index (χ2n) is 6.28. The molecule has 1 N–H and O–H groups in total. The van der Waals surface area contributed by atoms with E-state index in [0.29, 0.717) is 30.0 Å². The van der Waals surface area contributed by atoms with Gasteiger partial charge in [-0.25, -0.2) is 0 Å². The van der Waals surface area contributed by atoms with E-state index >= 15 is 0 Å². The number of hydrogen-bond acceptors (Lipinski definition) is 6. The number of carbonyl (C=O) groups is 1. The molecule has 7 nitrogen and oxygen atoms in total. The molecule has 27 heavy (non-hydrogen) atoms. The first-order valence-electron chi connectivity index (χ1n) is 8.47. The van der Waals surface area contributed by atoms with E-state index in [2.05, 4.69) is 5.32 Å². The highest BCUT2D eigenvalue weighted by molar-refractivity contribution is 5.92. The van der Waals surface area contributed by atoms with Crippen LogP contribution >= 0.6 is 0 Å².